The summed E-state index contributed by atoms with van der Waals surface area (Å²) in [5.74, 6) is 1.08. The summed E-state index contributed by atoms with van der Waals surface area (Å²) in [6.45, 7) is 6.37. The Morgan fingerprint density at radius 3 is 2.92 bits per heavy atom. The number of likely N-dealkylation sites (N-methyl/N-ethyl adjacent to an activating group) is 1. The van der Waals surface area contributed by atoms with Crippen LogP contribution in [-0.4, -0.2) is 70.3 Å². The van der Waals surface area contributed by atoms with Gasteiger partial charge in [0, 0.05) is 32.1 Å². The van der Waals surface area contributed by atoms with E-state index in [1.54, 1.807) is 6.92 Å². The Bertz CT molecular complexity index is 562. The van der Waals surface area contributed by atoms with Gasteiger partial charge in [0.2, 0.25) is 11.8 Å². The van der Waals surface area contributed by atoms with Crippen molar-refractivity contribution in [2.75, 3.05) is 26.2 Å². The van der Waals surface area contributed by atoms with Crippen LogP contribution in [0, 0.1) is 6.92 Å². The summed E-state index contributed by atoms with van der Waals surface area (Å²) in [4.78, 5) is 20.5. The number of rotatable bonds is 8. The Morgan fingerprint density at radius 2 is 2.29 bits per heavy atom. The largest absolute Gasteiger partial charge is 0.353 e. The second-order valence-electron chi connectivity index (χ2n) is 6.74. The van der Waals surface area contributed by atoms with Gasteiger partial charge in [-0.25, -0.2) is 4.39 Å². The molecule has 0 bridgehead atoms. The lowest BCUT2D eigenvalue weighted by molar-refractivity contribution is -0.122. The smallest absolute Gasteiger partial charge is 0.234 e. The van der Waals surface area contributed by atoms with E-state index in [0.717, 1.165) is 6.54 Å². The van der Waals surface area contributed by atoms with Crippen LogP contribution in [-0.2, 0) is 11.3 Å². The molecule has 2 aliphatic rings. The zero-order chi connectivity index (χ0) is 17.1. The molecule has 2 fully saturated rings. The number of carbonyl (C=O) groups excluding carboxylic acids is 1. The molecule has 0 unspecified atom stereocenters. The lowest BCUT2D eigenvalue weighted by Crippen LogP contribution is -2.44. The molecule has 1 amide bonds. The maximum atomic E-state index is 13.8. The lowest BCUT2D eigenvalue weighted by Gasteiger charge is -2.24. The van der Waals surface area contributed by atoms with Gasteiger partial charge in [-0.05, 0) is 25.8 Å². The summed E-state index contributed by atoms with van der Waals surface area (Å²) < 4.78 is 18.8. The highest BCUT2D eigenvalue weighted by atomic mass is 19.1. The number of alkyl halides is 1. The monoisotopic (exact) mass is 339 g/mol. The average molecular weight is 339 g/mol. The zero-order valence-electron chi connectivity index (χ0n) is 14.4. The van der Waals surface area contributed by atoms with Crippen molar-refractivity contribution in [1.82, 2.24) is 25.3 Å². The second-order valence-corrected chi connectivity index (χ2v) is 6.74. The molecule has 1 saturated heterocycles. The number of hydrogen-bond donors (Lipinski definition) is 1. The van der Waals surface area contributed by atoms with Crippen LogP contribution >= 0.6 is 0 Å². The van der Waals surface area contributed by atoms with E-state index in [2.05, 4.69) is 27.3 Å². The molecular formula is C16H26FN5O2. The quantitative estimate of drug-likeness (QED) is 0.758. The first-order valence-electron chi connectivity index (χ1n) is 8.73. The van der Waals surface area contributed by atoms with Crippen molar-refractivity contribution in [3.05, 3.63) is 11.7 Å². The van der Waals surface area contributed by atoms with E-state index in [1.165, 1.54) is 12.8 Å². The van der Waals surface area contributed by atoms with Gasteiger partial charge < -0.3 is 9.84 Å². The van der Waals surface area contributed by atoms with E-state index >= 15 is 0 Å². The van der Waals surface area contributed by atoms with E-state index in [-0.39, 0.29) is 11.9 Å². The van der Waals surface area contributed by atoms with Crippen LogP contribution in [0.5, 0.6) is 0 Å². The third-order valence-electron chi connectivity index (χ3n) is 4.74. The molecule has 2 atom stereocenters. The highest BCUT2D eigenvalue weighted by Crippen LogP contribution is 2.26. The van der Waals surface area contributed by atoms with Crippen LogP contribution in [0.4, 0.5) is 4.39 Å². The molecule has 0 radical (unpaired) electrons. The summed E-state index contributed by atoms with van der Waals surface area (Å²) in [7, 11) is 0. The molecule has 7 nitrogen and oxygen atoms in total. The number of nitrogens with one attached hydrogen (secondary N) is 1. The molecule has 8 heteroatoms. The number of amides is 1. The van der Waals surface area contributed by atoms with Crippen LogP contribution in [0.15, 0.2) is 4.52 Å². The fourth-order valence-corrected chi connectivity index (χ4v) is 3.33. The van der Waals surface area contributed by atoms with Crippen molar-refractivity contribution in [2.24, 2.45) is 0 Å². The number of carbonyl (C=O) groups is 1. The Morgan fingerprint density at radius 1 is 1.50 bits per heavy atom. The number of hydrogen-bond acceptors (Lipinski definition) is 6. The molecule has 3 rings (SSSR count). The highest BCUT2D eigenvalue weighted by Gasteiger charge is 2.33. The molecule has 24 heavy (non-hydrogen) atoms. The first-order valence-corrected chi connectivity index (χ1v) is 8.73. The first kappa shape index (κ1) is 17.3. The number of aryl methyl sites for hydroxylation is 1. The van der Waals surface area contributed by atoms with E-state index in [1.807, 2.05) is 4.90 Å². The minimum Gasteiger partial charge on any atom is -0.353 e. The van der Waals surface area contributed by atoms with Crippen LogP contribution in [0.25, 0.3) is 0 Å². The van der Waals surface area contributed by atoms with Crippen LogP contribution in [0.2, 0.25) is 0 Å². The highest BCUT2D eigenvalue weighted by molar-refractivity contribution is 5.78. The standard InChI is InChI=1S/C16H26FN5O2/c1-3-21(13-4-5-13)10-16(23)18-7-14-6-12(17)8-22(14)9-15-19-11(2)24-20-15/h12-14H,3-10H2,1-2H3,(H,18,23)/t12-,14-/m0/s1. The van der Waals surface area contributed by atoms with Gasteiger partial charge in [0.1, 0.15) is 6.17 Å². The maximum absolute atomic E-state index is 13.8. The Kier molecular flexibility index (Phi) is 5.45. The average Bonchev–Trinajstić information content (AvgIpc) is 3.22. The minimum atomic E-state index is -0.876. The summed E-state index contributed by atoms with van der Waals surface area (Å²) in [6.07, 6.45) is 1.92. The molecule has 1 aliphatic heterocycles. The van der Waals surface area contributed by atoms with Gasteiger partial charge in [-0.15, -0.1) is 0 Å². The Balaban J connectivity index is 1.47. The topological polar surface area (TPSA) is 74.5 Å². The molecule has 134 valence electrons. The minimum absolute atomic E-state index is 0.0152. The van der Waals surface area contributed by atoms with E-state index in [4.69, 9.17) is 4.52 Å². The van der Waals surface area contributed by atoms with Crippen molar-refractivity contribution in [2.45, 2.75) is 57.9 Å². The van der Waals surface area contributed by atoms with Crippen LogP contribution in [0.3, 0.4) is 0 Å². The zero-order valence-corrected chi connectivity index (χ0v) is 14.4. The summed E-state index contributed by atoms with van der Waals surface area (Å²) in [5.41, 5.74) is 0. The van der Waals surface area contributed by atoms with Crippen LogP contribution < -0.4 is 5.32 Å². The summed E-state index contributed by atoms with van der Waals surface area (Å²) >= 11 is 0. The first-order chi connectivity index (χ1) is 11.5. The molecule has 1 aromatic heterocycles. The SMILES string of the molecule is CCN(CC(=O)NC[C@@H]1C[C@H](F)CN1Cc1noc(C)n1)C1CC1. The predicted molar refractivity (Wildman–Crippen MR) is 86.0 cm³/mol. The third-order valence-corrected chi connectivity index (χ3v) is 4.74. The Labute approximate surface area is 141 Å². The van der Waals surface area contributed by atoms with Crippen LogP contribution in [0.1, 0.15) is 37.9 Å². The predicted octanol–water partition coefficient (Wildman–Crippen LogP) is 0.891. The van der Waals surface area contributed by atoms with Gasteiger partial charge >= 0.3 is 0 Å². The van der Waals surface area contributed by atoms with Gasteiger partial charge in [0.05, 0.1) is 13.1 Å². The number of halogens is 1. The summed E-state index contributed by atoms with van der Waals surface area (Å²) in [5, 5.41) is 6.83. The molecular weight excluding hydrogens is 313 g/mol. The van der Waals surface area contributed by atoms with Crippen molar-refractivity contribution in [1.29, 1.82) is 0 Å². The van der Waals surface area contributed by atoms with Crippen molar-refractivity contribution in [3.63, 3.8) is 0 Å². The fraction of sp³-hybridized carbons (Fsp3) is 0.812. The molecule has 1 aliphatic carbocycles. The van der Waals surface area contributed by atoms with E-state index < -0.39 is 6.17 Å². The normalized spacial score (nSPS) is 24.7. The summed E-state index contributed by atoms with van der Waals surface area (Å²) in [6, 6.07) is 0.541. The molecule has 1 N–H and O–H groups in total. The third kappa shape index (κ3) is 4.51. The second kappa shape index (κ2) is 7.57. The molecule has 1 saturated carbocycles. The van der Waals surface area contributed by atoms with Gasteiger partial charge in [0.25, 0.3) is 0 Å². The van der Waals surface area contributed by atoms with Crippen molar-refractivity contribution >= 4 is 5.91 Å². The van der Waals surface area contributed by atoms with E-state index in [9.17, 15) is 9.18 Å². The number of likely N-dealkylation sites (tertiary alicyclic amines) is 1. The van der Waals surface area contributed by atoms with Crippen molar-refractivity contribution < 1.29 is 13.7 Å². The molecule has 2 heterocycles. The number of aromatic nitrogens is 2. The van der Waals surface area contributed by atoms with E-state index in [0.29, 0.717) is 50.4 Å². The molecule has 0 spiro atoms. The maximum Gasteiger partial charge on any atom is 0.234 e. The lowest BCUT2D eigenvalue weighted by atomic mass is 10.2. The molecule has 0 aromatic carbocycles. The molecule has 1 aromatic rings. The Hall–Kier alpha value is -1.54. The fourth-order valence-electron chi connectivity index (χ4n) is 3.33. The van der Waals surface area contributed by atoms with Gasteiger partial charge in [-0.1, -0.05) is 12.1 Å². The van der Waals surface area contributed by atoms with Gasteiger partial charge in [-0.2, -0.15) is 4.98 Å². The number of nitrogens with zero attached hydrogens (tertiary/aromatic N) is 4. The van der Waals surface area contributed by atoms with Gasteiger partial charge in [-0.3, -0.25) is 14.6 Å². The van der Waals surface area contributed by atoms with Crippen molar-refractivity contribution in [3.8, 4) is 0 Å². The van der Waals surface area contributed by atoms with Gasteiger partial charge in [0.15, 0.2) is 5.82 Å².